The zero-order valence-electron chi connectivity index (χ0n) is 15.7. The van der Waals surface area contributed by atoms with Gasteiger partial charge in [0.15, 0.2) is 5.13 Å². The number of thiazole rings is 2. The van der Waals surface area contributed by atoms with Crippen molar-refractivity contribution in [2.45, 2.75) is 39.7 Å². The number of benzene rings is 1. The van der Waals surface area contributed by atoms with Gasteiger partial charge in [-0.05, 0) is 19.1 Å². The number of carbonyl (C=O) groups excluding carboxylic acids is 1. The summed E-state index contributed by atoms with van der Waals surface area (Å²) in [5.41, 5.74) is 1.41. The van der Waals surface area contributed by atoms with E-state index in [1.165, 1.54) is 28.7 Å². The van der Waals surface area contributed by atoms with Crippen LogP contribution in [0.25, 0.3) is 11.3 Å². The van der Waals surface area contributed by atoms with E-state index in [-0.39, 0.29) is 17.1 Å². The third-order valence-electron chi connectivity index (χ3n) is 3.75. The van der Waals surface area contributed by atoms with Crippen LogP contribution in [0.15, 0.2) is 29.6 Å². The van der Waals surface area contributed by atoms with E-state index < -0.39 is 6.61 Å². The molecule has 0 saturated carbocycles. The molecular weight excluding hydrogens is 404 g/mol. The maximum atomic E-state index is 12.6. The summed E-state index contributed by atoms with van der Waals surface area (Å²) in [5.74, 6) is -0.252. The van der Waals surface area contributed by atoms with Crippen molar-refractivity contribution >= 4 is 33.7 Å². The number of hydrogen-bond acceptors (Lipinski definition) is 6. The maximum Gasteiger partial charge on any atom is 0.387 e. The van der Waals surface area contributed by atoms with Gasteiger partial charge < -0.3 is 4.74 Å². The highest BCUT2D eigenvalue weighted by molar-refractivity contribution is 7.15. The van der Waals surface area contributed by atoms with Gasteiger partial charge in [-0.15, -0.1) is 22.7 Å². The fraction of sp³-hybridized carbons (Fsp3) is 0.316. The first-order valence-electron chi connectivity index (χ1n) is 8.44. The first kappa shape index (κ1) is 20.3. The van der Waals surface area contributed by atoms with Crippen molar-refractivity contribution in [1.29, 1.82) is 0 Å². The van der Waals surface area contributed by atoms with Crippen LogP contribution in [0.4, 0.5) is 13.9 Å². The molecule has 0 spiro atoms. The molecule has 0 atom stereocenters. The summed E-state index contributed by atoms with van der Waals surface area (Å²) in [6, 6.07) is 6.41. The van der Waals surface area contributed by atoms with Crippen molar-refractivity contribution in [3.05, 3.63) is 45.2 Å². The Kier molecular flexibility index (Phi) is 5.76. The van der Waals surface area contributed by atoms with Gasteiger partial charge in [0, 0.05) is 16.4 Å². The predicted octanol–water partition coefficient (Wildman–Crippen LogP) is 5.73. The number of halogens is 2. The van der Waals surface area contributed by atoms with E-state index in [1.807, 2.05) is 20.8 Å². The van der Waals surface area contributed by atoms with E-state index in [4.69, 9.17) is 0 Å². The van der Waals surface area contributed by atoms with Gasteiger partial charge >= 0.3 is 6.61 Å². The van der Waals surface area contributed by atoms with Crippen molar-refractivity contribution in [1.82, 2.24) is 9.97 Å². The molecule has 0 saturated heterocycles. The van der Waals surface area contributed by atoms with Crippen molar-refractivity contribution < 1.29 is 18.3 Å². The molecule has 0 aliphatic carbocycles. The van der Waals surface area contributed by atoms with Crippen LogP contribution >= 0.6 is 22.7 Å². The minimum atomic E-state index is -2.93. The minimum absolute atomic E-state index is 0.0359. The highest BCUT2D eigenvalue weighted by Crippen LogP contribution is 2.34. The van der Waals surface area contributed by atoms with Crippen LogP contribution in [0.2, 0.25) is 0 Å². The Morgan fingerprint density at radius 2 is 1.93 bits per heavy atom. The fourth-order valence-electron chi connectivity index (χ4n) is 2.41. The summed E-state index contributed by atoms with van der Waals surface area (Å²) < 4.78 is 29.8. The molecule has 2 heterocycles. The number of alkyl halides is 2. The smallest absolute Gasteiger partial charge is 0.387 e. The normalized spacial score (nSPS) is 11.7. The first-order valence-corrected chi connectivity index (χ1v) is 10.1. The van der Waals surface area contributed by atoms with Crippen LogP contribution in [-0.2, 0) is 5.41 Å². The number of amides is 1. The van der Waals surface area contributed by atoms with Gasteiger partial charge in [0.2, 0.25) is 0 Å². The monoisotopic (exact) mass is 423 g/mol. The summed E-state index contributed by atoms with van der Waals surface area (Å²) in [7, 11) is 0. The number of nitrogens with one attached hydrogen (secondary N) is 1. The third kappa shape index (κ3) is 4.53. The number of ether oxygens (including phenoxy) is 1. The molecule has 3 rings (SSSR count). The topological polar surface area (TPSA) is 64.1 Å². The minimum Gasteiger partial charge on any atom is -0.434 e. The summed E-state index contributed by atoms with van der Waals surface area (Å²) in [6.45, 7) is 4.99. The van der Waals surface area contributed by atoms with E-state index in [1.54, 1.807) is 30.5 Å². The van der Waals surface area contributed by atoms with Crippen molar-refractivity contribution in [3.8, 4) is 17.0 Å². The number of hydrogen-bond donors (Lipinski definition) is 1. The number of nitrogens with zero attached hydrogens (tertiary/aromatic N) is 2. The van der Waals surface area contributed by atoms with Crippen LogP contribution in [-0.4, -0.2) is 22.5 Å². The van der Waals surface area contributed by atoms with Crippen molar-refractivity contribution in [2.75, 3.05) is 5.32 Å². The van der Waals surface area contributed by atoms with Gasteiger partial charge in [-0.25, -0.2) is 9.97 Å². The van der Waals surface area contributed by atoms with Crippen LogP contribution in [0.5, 0.6) is 5.75 Å². The summed E-state index contributed by atoms with van der Waals surface area (Å²) in [6.07, 6.45) is 0. The highest BCUT2D eigenvalue weighted by atomic mass is 32.1. The first-order chi connectivity index (χ1) is 13.1. The Labute approximate surface area is 169 Å². The molecule has 1 N–H and O–H groups in total. The lowest BCUT2D eigenvalue weighted by Crippen LogP contribution is -2.11. The quantitative estimate of drug-likeness (QED) is 0.569. The molecule has 0 bridgehead atoms. The molecule has 9 heteroatoms. The summed E-state index contributed by atoms with van der Waals surface area (Å²) in [5, 5.41) is 5.70. The van der Waals surface area contributed by atoms with E-state index in [2.05, 4.69) is 20.0 Å². The van der Waals surface area contributed by atoms with Gasteiger partial charge in [-0.2, -0.15) is 8.78 Å². The number of para-hydroxylation sites is 1. The molecule has 1 amide bonds. The molecule has 2 aromatic heterocycles. The lowest BCUT2D eigenvalue weighted by atomic mass is 9.98. The Bertz CT molecular complexity index is 993. The predicted molar refractivity (Wildman–Crippen MR) is 108 cm³/mol. The second-order valence-corrected chi connectivity index (χ2v) is 8.91. The molecular formula is C19H19F2N3O2S2. The Hall–Kier alpha value is -2.39. The van der Waals surface area contributed by atoms with Gasteiger partial charge in [0.1, 0.15) is 10.6 Å². The van der Waals surface area contributed by atoms with Gasteiger partial charge in [0.25, 0.3) is 5.91 Å². The molecule has 0 fully saturated rings. The van der Waals surface area contributed by atoms with Crippen molar-refractivity contribution in [2.24, 2.45) is 0 Å². The lowest BCUT2D eigenvalue weighted by Gasteiger charge is -2.13. The molecule has 5 nitrogen and oxygen atoms in total. The zero-order chi connectivity index (χ0) is 20.5. The fourth-order valence-corrected chi connectivity index (χ4v) is 4.14. The molecule has 3 aromatic rings. The Balaban J connectivity index is 1.81. The Morgan fingerprint density at radius 3 is 2.57 bits per heavy atom. The zero-order valence-corrected chi connectivity index (χ0v) is 17.4. The molecule has 0 unspecified atom stereocenters. The van der Waals surface area contributed by atoms with Crippen molar-refractivity contribution in [3.63, 3.8) is 0 Å². The largest absolute Gasteiger partial charge is 0.434 e. The number of aromatic nitrogens is 2. The third-order valence-corrected chi connectivity index (χ3v) is 6.09. The molecule has 0 aliphatic rings. The van der Waals surface area contributed by atoms with Crippen LogP contribution < -0.4 is 10.1 Å². The summed E-state index contributed by atoms with van der Waals surface area (Å²) >= 11 is 2.57. The SMILES string of the molecule is Cc1nc(C(C)(C)C)sc1C(=O)Nc1nc(-c2ccccc2OC(F)F)cs1. The van der Waals surface area contributed by atoms with Crippen LogP contribution in [0.3, 0.4) is 0 Å². The number of rotatable bonds is 5. The molecule has 0 radical (unpaired) electrons. The molecule has 0 aliphatic heterocycles. The average Bonchev–Trinajstić information content (AvgIpc) is 3.21. The number of aryl methyl sites for hydroxylation is 1. The average molecular weight is 424 g/mol. The van der Waals surface area contributed by atoms with Crippen LogP contribution in [0, 0.1) is 6.92 Å². The number of carbonyl (C=O) groups is 1. The Morgan fingerprint density at radius 1 is 1.21 bits per heavy atom. The second-order valence-electron chi connectivity index (χ2n) is 7.05. The maximum absolute atomic E-state index is 12.6. The lowest BCUT2D eigenvalue weighted by molar-refractivity contribution is -0.0494. The molecule has 28 heavy (non-hydrogen) atoms. The summed E-state index contributed by atoms with van der Waals surface area (Å²) in [4.78, 5) is 22.0. The van der Waals surface area contributed by atoms with Gasteiger partial charge in [0.05, 0.1) is 16.4 Å². The van der Waals surface area contributed by atoms with E-state index in [0.717, 1.165) is 5.01 Å². The van der Waals surface area contributed by atoms with E-state index in [9.17, 15) is 13.6 Å². The standard InChI is InChI=1S/C19H19F2N3O2S2/c1-10-14(28-16(22-10)19(2,3)4)15(25)24-18-23-12(9-27-18)11-7-5-6-8-13(11)26-17(20)21/h5-9,17H,1-4H3,(H,23,24,25). The van der Waals surface area contributed by atoms with E-state index >= 15 is 0 Å². The second kappa shape index (κ2) is 7.92. The van der Waals surface area contributed by atoms with Crippen LogP contribution in [0.1, 0.15) is 41.1 Å². The number of anilines is 1. The van der Waals surface area contributed by atoms with E-state index in [0.29, 0.717) is 27.0 Å². The van der Waals surface area contributed by atoms with Gasteiger partial charge in [-0.1, -0.05) is 32.9 Å². The molecule has 148 valence electrons. The molecule has 1 aromatic carbocycles. The van der Waals surface area contributed by atoms with Gasteiger partial charge in [-0.3, -0.25) is 10.1 Å². The highest BCUT2D eigenvalue weighted by Gasteiger charge is 2.23.